The van der Waals surface area contributed by atoms with Crippen LogP contribution >= 0.6 is 11.3 Å². The standard InChI is InChI=1S/C20H24N4O4S/c1-4-23-10-9-15(22-23)18(25)21-20-24(11-12-27-5-2)16-8-7-14(13-17(16)29-20)19(26)28-6-3/h7-10,13H,4-6,11-12H2,1-3H3. The molecule has 0 N–H and O–H groups in total. The number of aryl methyl sites for hydroxylation is 1. The predicted octanol–water partition coefficient (Wildman–Crippen LogP) is 2.87. The highest BCUT2D eigenvalue weighted by Gasteiger charge is 2.14. The van der Waals surface area contributed by atoms with Gasteiger partial charge in [-0.1, -0.05) is 11.3 Å². The fourth-order valence-electron chi connectivity index (χ4n) is 2.81. The fourth-order valence-corrected chi connectivity index (χ4v) is 3.91. The van der Waals surface area contributed by atoms with Gasteiger partial charge < -0.3 is 14.0 Å². The maximum atomic E-state index is 12.6. The van der Waals surface area contributed by atoms with E-state index in [9.17, 15) is 9.59 Å². The summed E-state index contributed by atoms with van der Waals surface area (Å²) in [7, 11) is 0. The molecule has 0 fully saturated rings. The third kappa shape index (κ3) is 4.80. The molecule has 1 aromatic carbocycles. The Labute approximate surface area is 172 Å². The van der Waals surface area contributed by atoms with Gasteiger partial charge in [-0.2, -0.15) is 10.1 Å². The number of aromatic nitrogens is 3. The number of nitrogens with zero attached hydrogens (tertiary/aromatic N) is 4. The molecule has 1 amide bonds. The van der Waals surface area contributed by atoms with Crippen molar-refractivity contribution in [1.82, 2.24) is 14.3 Å². The largest absolute Gasteiger partial charge is 0.462 e. The molecule has 0 bridgehead atoms. The van der Waals surface area contributed by atoms with Crippen molar-refractivity contribution in [3.05, 3.63) is 46.5 Å². The first-order chi connectivity index (χ1) is 14.1. The Morgan fingerprint density at radius 2 is 2.00 bits per heavy atom. The van der Waals surface area contributed by atoms with Crippen molar-refractivity contribution in [2.75, 3.05) is 19.8 Å². The first-order valence-corrected chi connectivity index (χ1v) is 10.4. The van der Waals surface area contributed by atoms with Gasteiger partial charge in [0.1, 0.15) is 0 Å². The Morgan fingerprint density at radius 1 is 1.17 bits per heavy atom. The lowest BCUT2D eigenvalue weighted by molar-refractivity contribution is 0.0526. The zero-order valence-electron chi connectivity index (χ0n) is 16.8. The zero-order valence-corrected chi connectivity index (χ0v) is 17.6. The second kappa shape index (κ2) is 9.62. The van der Waals surface area contributed by atoms with Gasteiger partial charge in [0, 0.05) is 25.9 Å². The quantitative estimate of drug-likeness (QED) is 0.416. The maximum Gasteiger partial charge on any atom is 0.338 e. The fraction of sp³-hybridized carbons (Fsp3) is 0.400. The van der Waals surface area contributed by atoms with Crippen LogP contribution in [0.3, 0.4) is 0 Å². The number of carbonyl (C=O) groups is 2. The van der Waals surface area contributed by atoms with E-state index in [-0.39, 0.29) is 5.97 Å². The number of carbonyl (C=O) groups excluding carboxylic acids is 2. The lowest BCUT2D eigenvalue weighted by Gasteiger charge is -2.06. The summed E-state index contributed by atoms with van der Waals surface area (Å²) in [6.45, 7) is 8.29. The van der Waals surface area contributed by atoms with Crippen LogP contribution in [-0.2, 0) is 22.6 Å². The van der Waals surface area contributed by atoms with Crippen LogP contribution in [0.5, 0.6) is 0 Å². The molecule has 29 heavy (non-hydrogen) atoms. The number of fused-ring (bicyclic) bond motifs is 1. The van der Waals surface area contributed by atoms with Crippen LogP contribution in [0.15, 0.2) is 35.5 Å². The van der Waals surface area contributed by atoms with Gasteiger partial charge >= 0.3 is 5.97 Å². The van der Waals surface area contributed by atoms with E-state index in [1.165, 1.54) is 11.3 Å². The number of hydrogen-bond acceptors (Lipinski definition) is 6. The molecule has 0 saturated heterocycles. The molecule has 0 aliphatic heterocycles. The second-order valence-electron chi connectivity index (χ2n) is 6.11. The van der Waals surface area contributed by atoms with Gasteiger partial charge in [-0.15, -0.1) is 0 Å². The number of ether oxygens (including phenoxy) is 2. The van der Waals surface area contributed by atoms with Gasteiger partial charge in [0.05, 0.1) is 29.0 Å². The molecule has 0 spiro atoms. The molecule has 0 radical (unpaired) electrons. The molecule has 3 rings (SSSR count). The Hall–Kier alpha value is -2.78. The van der Waals surface area contributed by atoms with E-state index in [0.29, 0.717) is 49.0 Å². The molecule has 3 aromatic rings. The van der Waals surface area contributed by atoms with Crippen LogP contribution in [0.25, 0.3) is 10.2 Å². The number of rotatable bonds is 8. The molecule has 9 heteroatoms. The minimum atomic E-state index is -0.403. The minimum Gasteiger partial charge on any atom is -0.462 e. The SMILES string of the molecule is CCOCCn1c(=NC(=O)c2ccn(CC)n2)sc2cc(C(=O)OCC)ccc21. The van der Waals surface area contributed by atoms with Crippen LogP contribution < -0.4 is 4.80 Å². The lowest BCUT2D eigenvalue weighted by atomic mass is 10.2. The summed E-state index contributed by atoms with van der Waals surface area (Å²) in [5, 5.41) is 4.22. The Kier molecular flexibility index (Phi) is 6.95. The summed E-state index contributed by atoms with van der Waals surface area (Å²) >= 11 is 1.34. The van der Waals surface area contributed by atoms with E-state index >= 15 is 0 Å². The van der Waals surface area contributed by atoms with Gasteiger partial charge in [0.25, 0.3) is 5.91 Å². The summed E-state index contributed by atoms with van der Waals surface area (Å²) < 4.78 is 15.0. The minimum absolute atomic E-state index is 0.299. The van der Waals surface area contributed by atoms with Crippen molar-refractivity contribution in [2.24, 2.45) is 4.99 Å². The summed E-state index contributed by atoms with van der Waals surface area (Å²) in [5.41, 5.74) is 1.65. The molecular formula is C20H24N4O4S. The van der Waals surface area contributed by atoms with E-state index in [0.717, 1.165) is 10.2 Å². The van der Waals surface area contributed by atoms with Crippen molar-refractivity contribution in [3.8, 4) is 0 Å². The number of thiazole rings is 1. The summed E-state index contributed by atoms with van der Waals surface area (Å²) in [4.78, 5) is 29.5. The Morgan fingerprint density at radius 3 is 2.69 bits per heavy atom. The van der Waals surface area contributed by atoms with Crippen molar-refractivity contribution in [1.29, 1.82) is 0 Å². The van der Waals surface area contributed by atoms with Gasteiger partial charge in [-0.25, -0.2) is 4.79 Å². The van der Waals surface area contributed by atoms with Gasteiger partial charge in [0.15, 0.2) is 10.5 Å². The normalized spacial score (nSPS) is 11.9. The van der Waals surface area contributed by atoms with E-state index in [1.807, 2.05) is 24.5 Å². The molecular weight excluding hydrogens is 392 g/mol. The number of hydrogen-bond donors (Lipinski definition) is 0. The molecule has 0 aliphatic carbocycles. The van der Waals surface area contributed by atoms with E-state index in [4.69, 9.17) is 9.47 Å². The van der Waals surface area contributed by atoms with Crippen LogP contribution in [-0.4, -0.2) is 46.0 Å². The first-order valence-electron chi connectivity index (χ1n) is 9.58. The number of benzene rings is 1. The highest BCUT2D eigenvalue weighted by atomic mass is 32.1. The van der Waals surface area contributed by atoms with Crippen LogP contribution in [0, 0.1) is 0 Å². The zero-order chi connectivity index (χ0) is 20.8. The van der Waals surface area contributed by atoms with Crippen LogP contribution in [0.4, 0.5) is 0 Å². The van der Waals surface area contributed by atoms with E-state index in [1.54, 1.807) is 36.0 Å². The van der Waals surface area contributed by atoms with Crippen molar-refractivity contribution in [2.45, 2.75) is 33.9 Å². The molecule has 154 valence electrons. The highest BCUT2D eigenvalue weighted by molar-refractivity contribution is 7.16. The molecule has 0 aliphatic rings. The van der Waals surface area contributed by atoms with E-state index < -0.39 is 5.91 Å². The summed E-state index contributed by atoms with van der Waals surface area (Å²) in [6, 6.07) is 6.99. The smallest absolute Gasteiger partial charge is 0.338 e. The van der Waals surface area contributed by atoms with Gasteiger partial charge in [-0.3, -0.25) is 9.48 Å². The van der Waals surface area contributed by atoms with Crippen LogP contribution in [0.2, 0.25) is 0 Å². The predicted molar refractivity (Wildman–Crippen MR) is 110 cm³/mol. The average molecular weight is 417 g/mol. The van der Waals surface area contributed by atoms with Crippen molar-refractivity contribution < 1.29 is 19.1 Å². The Bertz CT molecular complexity index is 1080. The monoisotopic (exact) mass is 416 g/mol. The molecule has 2 aromatic heterocycles. The summed E-state index contributed by atoms with van der Waals surface area (Å²) in [5.74, 6) is -0.775. The molecule has 0 unspecified atom stereocenters. The van der Waals surface area contributed by atoms with Crippen molar-refractivity contribution in [3.63, 3.8) is 0 Å². The highest BCUT2D eigenvalue weighted by Crippen LogP contribution is 2.20. The lowest BCUT2D eigenvalue weighted by Crippen LogP contribution is -2.20. The second-order valence-corrected chi connectivity index (χ2v) is 7.12. The summed E-state index contributed by atoms with van der Waals surface area (Å²) in [6.07, 6.45) is 1.75. The topological polar surface area (TPSA) is 87.7 Å². The van der Waals surface area contributed by atoms with Crippen molar-refractivity contribution >= 4 is 33.4 Å². The average Bonchev–Trinajstić information content (AvgIpc) is 3.33. The third-order valence-corrected chi connectivity index (χ3v) is 5.28. The number of amides is 1. The molecule has 2 heterocycles. The Balaban J connectivity index is 2.03. The van der Waals surface area contributed by atoms with Gasteiger partial charge in [0.2, 0.25) is 0 Å². The molecule has 8 nitrogen and oxygen atoms in total. The van der Waals surface area contributed by atoms with E-state index in [2.05, 4.69) is 10.1 Å². The van der Waals surface area contributed by atoms with Crippen LogP contribution in [0.1, 0.15) is 41.6 Å². The first kappa shape index (κ1) is 20.9. The molecule has 0 atom stereocenters. The molecule has 0 saturated carbocycles. The maximum absolute atomic E-state index is 12.6. The number of esters is 1. The van der Waals surface area contributed by atoms with Gasteiger partial charge in [-0.05, 0) is 45.0 Å². The third-order valence-electron chi connectivity index (χ3n) is 4.24.